The third kappa shape index (κ3) is 16.7. The summed E-state index contributed by atoms with van der Waals surface area (Å²) in [6.07, 6.45) is -17.5. The van der Waals surface area contributed by atoms with Crippen molar-refractivity contribution in [2.45, 2.75) is 195 Å². The second-order valence-electron chi connectivity index (χ2n) is 19.2. The average Bonchev–Trinajstić information content (AvgIpc) is 3.37. The highest BCUT2D eigenvalue weighted by molar-refractivity contribution is 5.94. The van der Waals surface area contributed by atoms with Gasteiger partial charge < -0.3 is 105 Å². The van der Waals surface area contributed by atoms with E-state index in [0.29, 0.717) is 25.2 Å². The molecule has 0 saturated carbocycles. The van der Waals surface area contributed by atoms with Crippen LogP contribution in [0.15, 0.2) is 24.3 Å². The molecule has 0 aromatic heterocycles. The summed E-state index contributed by atoms with van der Waals surface area (Å²) in [5.41, 5.74) is 0.0810. The molecule has 4 heterocycles. The van der Waals surface area contributed by atoms with E-state index < -0.39 is 166 Å². The topological polar surface area (TPSA) is 372 Å². The summed E-state index contributed by atoms with van der Waals surface area (Å²) < 4.78 is 47.5. The van der Waals surface area contributed by atoms with Gasteiger partial charge in [-0.25, -0.2) is 0 Å². The first-order chi connectivity index (χ1) is 35.9. The van der Waals surface area contributed by atoms with Crippen molar-refractivity contribution in [3.05, 3.63) is 29.8 Å². The van der Waals surface area contributed by atoms with Gasteiger partial charge in [-0.05, 0) is 37.5 Å². The zero-order chi connectivity index (χ0) is 54.9. The number of carbonyl (C=O) groups excluding carboxylic acids is 4. The van der Waals surface area contributed by atoms with Gasteiger partial charge in [0.15, 0.2) is 18.9 Å². The first-order valence-electron chi connectivity index (χ1n) is 25.5. The highest BCUT2D eigenvalue weighted by atomic mass is 16.7. The maximum absolute atomic E-state index is 13.8. The third-order valence-electron chi connectivity index (χ3n) is 13.6. The van der Waals surface area contributed by atoms with Gasteiger partial charge in [0.2, 0.25) is 17.7 Å². The summed E-state index contributed by atoms with van der Waals surface area (Å²) in [5.74, 6) is 2.98. The molecular formula is C50H78N4O21. The number of unbranched alkanes of at least 4 members (excludes halogenated alkanes) is 5. The van der Waals surface area contributed by atoms with Crippen molar-refractivity contribution in [2.24, 2.45) is 5.92 Å². The molecule has 5 rings (SSSR count). The highest BCUT2D eigenvalue weighted by Crippen LogP contribution is 2.37. The van der Waals surface area contributed by atoms with Gasteiger partial charge >= 0.3 is 0 Å². The molecule has 0 spiro atoms. The Bertz CT molecular complexity index is 2030. The smallest absolute Gasteiger partial charge is 0.251 e. The molecule has 1 aromatic carbocycles. The summed E-state index contributed by atoms with van der Waals surface area (Å²) in [6.45, 7) is 3.18. The number of benzene rings is 1. The molecule has 20 atom stereocenters. The molecule has 1 aromatic rings. The quantitative estimate of drug-likeness (QED) is 0.0354. The maximum atomic E-state index is 13.8. The molecule has 4 amide bonds. The average molecular weight is 1070 g/mol. The minimum Gasteiger partial charge on any atom is -0.494 e. The molecular weight excluding hydrogens is 993 g/mol. The van der Waals surface area contributed by atoms with Crippen LogP contribution in [0.25, 0.3) is 0 Å². The zero-order valence-corrected chi connectivity index (χ0v) is 43.0. The van der Waals surface area contributed by atoms with Crippen molar-refractivity contribution >= 4 is 23.6 Å². The molecule has 4 fully saturated rings. The molecule has 4 aliphatic heterocycles. The van der Waals surface area contributed by atoms with Gasteiger partial charge in [0.25, 0.3) is 5.91 Å². The van der Waals surface area contributed by atoms with E-state index in [1.165, 1.54) is 32.6 Å². The van der Waals surface area contributed by atoms with Crippen LogP contribution in [0.5, 0.6) is 5.75 Å². The minimum atomic E-state index is -1.91. The number of amides is 4. The van der Waals surface area contributed by atoms with Crippen molar-refractivity contribution in [3.63, 3.8) is 0 Å². The van der Waals surface area contributed by atoms with Gasteiger partial charge in [-0.2, -0.15) is 0 Å². The number of carbonyl (C=O) groups is 4. The molecule has 4 aliphatic rings. The molecule has 13 N–H and O–H groups in total. The highest BCUT2D eigenvalue weighted by Gasteiger charge is 2.56. The fourth-order valence-electron chi connectivity index (χ4n) is 9.79. The van der Waals surface area contributed by atoms with E-state index in [-0.39, 0.29) is 18.6 Å². The van der Waals surface area contributed by atoms with Crippen LogP contribution in [0.4, 0.5) is 0 Å². The Labute approximate surface area is 435 Å². The molecule has 4 saturated heterocycles. The van der Waals surface area contributed by atoms with E-state index in [4.69, 9.17) is 37.9 Å². The number of ether oxygens (including phenoxy) is 8. The van der Waals surface area contributed by atoms with Crippen molar-refractivity contribution in [3.8, 4) is 17.6 Å². The lowest BCUT2D eigenvalue weighted by Crippen LogP contribution is -2.71. The van der Waals surface area contributed by atoms with Crippen molar-refractivity contribution in [1.29, 1.82) is 0 Å². The molecule has 424 valence electrons. The lowest BCUT2D eigenvalue weighted by molar-refractivity contribution is -0.347. The fraction of sp³-hybridized carbons (Fsp3) is 0.760. The van der Waals surface area contributed by atoms with Crippen LogP contribution in [-0.4, -0.2) is 226 Å². The van der Waals surface area contributed by atoms with Gasteiger partial charge in [-0.1, -0.05) is 32.3 Å². The SMILES string of the molecule is CCCCCCC#CCCCOc1cccc(C(=O)NC2C(OC3C(CO)OC(OC4C(CO)OC(CC5C(COC)OC(O)C(NC(C)=O)C5O)C(NC(C)=O)C4O)C(NC(C)=O)C3O)OC(CO)C(O)C2O)c1. The molecule has 75 heavy (non-hydrogen) atoms. The molecule has 25 heteroatoms. The molecule has 0 radical (unpaired) electrons. The first-order valence-corrected chi connectivity index (χ1v) is 25.5. The van der Waals surface area contributed by atoms with E-state index in [0.717, 1.165) is 39.5 Å². The number of hydrogen-bond acceptors (Lipinski definition) is 21. The number of aliphatic hydroxyl groups excluding tert-OH is 9. The monoisotopic (exact) mass is 1070 g/mol. The number of methoxy groups -OCH3 is 1. The van der Waals surface area contributed by atoms with Gasteiger partial charge in [-0.15, -0.1) is 11.8 Å². The lowest BCUT2D eigenvalue weighted by Gasteiger charge is -2.51. The minimum absolute atomic E-state index is 0.0810. The van der Waals surface area contributed by atoms with E-state index in [2.05, 4.69) is 40.0 Å². The number of nitrogens with one attached hydrogen (secondary N) is 4. The predicted octanol–water partition coefficient (Wildman–Crippen LogP) is -3.43. The maximum Gasteiger partial charge on any atom is 0.251 e. The Morgan fingerprint density at radius 1 is 0.600 bits per heavy atom. The van der Waals surface area contributed by atoms with E-state index in [1.54, 1.807) is 12.1 Å². The van der Waals surface area contributed by atoms with Crippen molar-refractivity contribution in [2.75, 3.05) is 40.1 Å². The van der Waals surface area contributed by atoms with Crippen LogP contribution in [0.3, 0.4) is 0 Å². The van der Waals surface area contributed by atoms with Crippen LogP contribution in [0, 0.1) is 17.8 Å². The second-order valence-corrected chi connectivity index (χ2v) is 19.2. The molecule has 20 unspecified atom stereocenters. The second kappa shape index (κ2) is 30.1. The van der Waals surface area contributed by atoms with Crippen LogP contribution in [0.1, 0.15) is 89.4 Å². The normalized spacial score (nSPS) is 35.8. The first kappa shape index (κ1) is 61.7. The van der Waals surface area contributed by atoms with Crippen LogP contribution in [-0.2, 0) is 47.5 Å². The standard InChI is InChI=1S/C50H78N4O21/c1-6-7-8-9-10-11-12-13-14-18-69-29-17-15-16-28(19-29)47(66)54-38-42(63)41(62)32(21-55)72-49(38)75-46-34(23-57)73-50(39(44(46)65)53-27(4)60)74-45-33(22-56)70-31(36(43(45)64)51-25(2)58)20-30-35(24-68-5)71-48(67)37(40(30)61)52-26(3)59/h15-17,19,30-46,48-50,55-57,61-65,67H,6-10,13-14,18,20-24H2,1-5H3,(H,51,58)(H,52,59)(H,53,60)(H,54,66). The Morgan fingerprint density at radius 3 is 1.76 bits per heavy atom. The molecule has 25 nitrogen and oxygen atoms in total. The summed E-state index contributed by atoms with van der Waals surface area (Å²) in [5, 5.41) is 110. The van der Waals surface area contributed by atoms with Crippen molar-refractivity contribution in [1.82, 2.24) is 21.3 Å². The Balaban J connectivity index is 1.33. The molecule has 0 aliphatic carbocycles. The van der Waals surface area contributed by atoms with E-state index in [1.807, 2.05) is 0 Å². The van der Waals surface area contributed by atoms with Crippen LogP contribution >= 0.6 is 0 Å². The number of rotatable bonds is 24. The van der Waals surface area contributed by atoms with E-state index >= 15 is 0 Å². The van der Waals surface area contributed by atoms with Crippen molar-refractivity contribution < 1.29 is 103 Å². The van der Waals surface area contributed by atoms with Gasteiger partial charge in [0, 0.05) is 52.2 Å². The van der Waals surface area contributed by atoms with Gasteiger partial charge in [0.1, 0.15) is 78.8 Å². The number of aliphatic hydroxyl groups is 9. The largest absolute Gasteiger partial charge is 0.494 e. The summed E-state index contributed by atoms with van der Waals surface area (Å²) >= 11 is 0. The summed E-state index contributed by atoms with van der Waals surface area (Å²) in [4.78, 5) is 51.2. The molecule has 0 bridgehead atoms. The van der Waals surface area contributed by atoms with Crippen LogP contribution < -0.4 is 26.0 Å². The zero-order valence-electron chi connectivity index (χ0n) is 43.0. The summed E-state index contributed by atoms with van der Waals surface area (Å²) in [7, 11) is 1.36. The third-order valence-corrected chi connectivity index (χ3v) is 13.6. The Hall–Kier alpha value is -4.18. The predicted molar refractivity (Wildman–Crippen MR) is 260 cm³/mol. The Kier molecular flexibility index (Phi) is 24.7. The lowest BCUT2D eigenvalue weighted by atomic mass is 9.80. The summed E-state index contributed by atoms with van der Waals surface area (Å²) in [6, 6.07) is 0.286. The number of hydrogen-bond donors (Lipinski definition) is 13. The van der Waals surface area contributed by atoms with Gasteiger partial charge in [-0.3, -0.25) is 19.2 Å². The van der Waals surface area contributed by atoms with E-state index in [9.17, 15) is 65.1 Å². The fourth-order valence-corrected chi connectivity index (χ4v) is 9.79. The van der Waals surface area contributed by atoms with Crippen LogP contribution in [0.2, 0.25) is 0 Å². The Morgan fingerprint density at radius 2 is 1.16 bits per heavy atom. The van der Waals surface area contributed by atoms with Gasteiger partial charge in [0.05, 0.1) is 57.4 Å².